The fourth-order valence-electron chi connectivity index (χ4n) is 2.56. The van der Waals surface area contributed by atoms with E-state index in [9.17, 15) is 4.79 Å². The van der Waals surface area contributed by atoms with E-state index < -0.39 is 5.91 Å². The van der Waals surface area contributed by atoms with Crippen LogP contribution in [0, 0.1) is 20.8 Å². The minimum Gasteiger partial charge on any atom is -0.351 e. The van der Waals surface area contributed by atoms with Gasteiger partial charge in [0.1, 0.15) is 5.82 Å². The van der Waals surface area contributed by atoms with Crippen LogP contribution in [0.15, 0.2) is 28.8 Å². The van der Waals surface area contributed by atoms with Crippen molar-refractivity contribution >= 4 is 44.9 Å². The number of nitrogens with one attached hydrogen (secondary N) is 1. The molecule has 0 atom stereocenters. The largest absolute Gasteiger partial charge is 0.351 e. The van der Waals surface area contributed by atoms with Crippen molar-refractivity contribution in [3.05, 3.63) is 52.0 Å². The first-order chi connectivity index (χ1) is 12.4. The fraction of sp³-hybridized carbons (Fsp3) is 0.176. The Morgan fingerprint density at radius 2 is 2.04 bits per heavy atom. The zero-order valence-electron chi connectivity index (χ0n) is 14.2. The number of fused-ring (bicyclic) bond motifs is 1. The van der Waals surface area contributed by atoms with Gasteiger partial charge in [0.15, 0.2) is 0 Å². The van der Waals surface area contributed by atoms with E-state index >= 15 is 0 Å². The average molecular weight is 388 g/mol. The lowest BCUT2D eigenvalue weighted by Crippen LogP contribution is -2.14. The highest BCUT2D eigenvalue weighted by molar-refractivity contribution is 7.21. The quantitative estimate of drug-likeness (QED) is 0.566. The second-order valence-electron chi connectivity index (χ2n) is 5.91. The minimum atomic E-state index is -0.401. The summed E-state index contributed by atoms with van der Waals surface area (Å²) in [4.78, 5) is 17.0. The summed E-state index contributed by atoms with van der Waals surface area (Å²) in [6.07, 6.45) is 0. The van der Waals surface area contributed by atoms with Gasteiger partial charge in [-0.3, -0.25) is 4.79 Å². The van der Waals surface area contributed by atoms with Crippen molar-refractivity contribution in [2.45, 2.75) is 20.8 Å². The van der Waals surface area contributed by atoms with E-state index in [4.69, 9.17) is 16.1 Å². The number of benzene rings is 1. The molecule has 0 aliphatic rings. The number of nitrogens with zero attached hydrogens (tertiary/aromatic N) is 4. The lowest BCUT2D eigenvalue weighted by atomic mass is 10.2. The molecule has 0 fully saturated rings. The third-order valence-electron chi connectivity index (χ3n) is 3.79. The van der Waals surface area contributed by atoms with E-state index in [1.807, 2.05) is 26.0 Å². The maximum absolute atomic E-state index is 12.4. The van der Waals surface area contributed by atoms with Crippen molar-refractivity contribution in [2.75, 3.05) is 5.32 Å². The van der Waals surface area contributed by atoms with Gasteiger partial charge in [-0.15, -0.1) is 0 Å². The Kier molecular flexibility index (Phi) is 4.01. The normalized spacial score (nSPS) is 11.2. The highest BCUT2D eigenvalue weighted by Gasteiger charge is 2.18. The maximum Gasteiger partial charge on any atom is 0.295 e. The molecular formula is C17H14ClN5O2S. The van der Waals surface area contributed by atoms with Crippen LogP contribution in [0.3, 0.4) is 0 Å². The topological polar surface area (TPSA) is 85.8 Å². The molecule has 0 unspecified atom stereocenters. The Bertz CT molecular complexity index is 1100. The zero-order chi connectivity index (χ0) is 18.4. The van der Waals surface area contributed by atoms with Crippen LogP contribution in [0.25, 0.3) is 15.3 Å². The van der Waals surface area contributed by atoms with Gasteiger partial charge in [-0.2, -0.15) is 9.78 Å². The number of halogens is 1. The molecule has 1 N–H and O–H groups in total. The molecule has 0 spiro atoms. The van der Waals surface area contributed by atoms with Crippen molar-refractivity contribution in [3.8, 4) is 5.13 Å². The molecule has 4 rings (SSSR count). The zero-order valence-corrected chi connectivity index (χ0v) is 15.8. The van der Waals surface area contributed by atoms with Crippen molar-refractivity contribution in [3.63, 3.8) is 0 Å². The summed E-state index contributed by atoms with van der Waals surface area (Å²) in [6.45, 7) is 5.57. The molecule has 1 amide bonds. The second kappa shape index (κ2) is 6.22. The lowest BCUT2D eigenvalue weighted by molar-refractivity contribution is 0.0987. The number of hydrogen-bond donors (Lipinski definition) is 1. The molecule has 7 nitrogen and oxygen atoms in total. The minimum absolute atomic E-state index is 0.135. The van der Waals surface area contributed by atoms with Gasteiger partial charge in [-0.1, -0.05) is 34.2 Å². The lowest BCUT2D eigenvalue weighted by Gasteiger charge is -2.04. The highest BCUT2D eigenvalue weighted by atomic mass is 35.5. The Morgan fingerprint density at radius 3 is 2.73 bits per heavy atom. The number of anilines is 1. The van der Waals surface area contributed by atoms with Crippen LogP contribution in [0.5, 0.6) is 0 Å². The molecular weight excluding hydrogens is 374 g/mol. The molecule has 9 heteroatoms. The van der Waals surface area contributed by atoms with Crippen molar-refractivity contribution in [2.24, 2.45) is 0 Å². The Balaban J connectivity index is 1.75. The molecule has 0 aliphatic heterocycles. The number of aryl methyl sites for hydroxylation is 3. The SMILES string of the molecule is Cc1cc(C(=O)Nc2cc(C)nn2-c2nc3c(C)ccc(Cl)c3s2)on1. The summed E-state index contributed by atoms with van der Waals surface area (Å²) in [5.74, 6) is 0.229. The fourth-order valence-corrected chi connectivity index (χ4v) is 3.85. The number of amides is 1. The van der Waals surface area contributed by atoms with Crippen LogP contribution in [0.4, 0.5) is 5.82 Å². The molecule has 4 aromatic rings. The highest BCUT2D eigenvalue weighted by Crippen LogP contribution is 2.34. The molecule has 26 heavy (non-hydrogen) atoms. The smallest absolute Gasteiger partial charge is 0.295 e. The number of aromatic nitrogens is 4. The van der Waals surface area contributed by atoms with Gasteiger partial charge in [-0.25, -0.2) is 4.98 Å². The third kappa shape index (κ3) is 2.87. The van der Waals surface area contributed by atoms with E-state index in [2.05, 4.69) is 20.6 Å². The van der Waals surface area contributed by atoms with E-state index in [0.29, 0.717) is 21.7 Å². The number of carbonyl (C=O) groups excluding carboxylic acids is 1. The van der Waals surface area contributed by atoms with E-state index in [1.165, 1.54) is 11.3 Å². The summed E-state index contributed by atoms with van der Waals surface area (Å²) in [5, 5.41) is 12.2. The third-order valence-corrected chi connectivity index (χ3v) is 5.28. The summed E-state index contributed by atoms with van der Waals surface area (Å²) in [6, 6.07) is 7.12. The molecule has 0 radical (unpaired) electrons. The van der Waals surface area contributed by atoms with Gasteiger partial charge >= 0.3 is 0 Å². The Hall–Kier alpha value is -2.71. The van der Waals surface area contributed by atoms with Crippen LogP contribution >= 0.6 is 22.9 Å². The van der Waals surface area contributed by atoms with Gasteiger partial charge in [0.2, 0.25) is 10.9 Å². The van der Waals surface area contributed by atoms with Gasteiger partial charge in [0.05, 0.1) is 26.6 Å². The molecule has 132 valence electrons. The van der Waals surface area contributed by atoms with Crippen LogP contribution in [-0.4, -0.2) is 25.8 Å². The standard InChI is InChI=1S/C17H14ClN5O2S/c1-8-4-5-11(18)15-14(8)20-17(26-15)23-13(7-9(2)21-23)19-16(24)12-6-10(3)22-25-12/h4-7H,1-3H3,(H,19,24). The maximum atomic E-state index is 12.4. The van der Waals surface area contributed by atoms with Crippen molar-refractivity contribution < 1.29 is 9.32 Å². The number of carbonyl (C=O) groups is 1. The summed E-state index contributed by atoms with van der Waals surface area (Å²) < 4.78 is 7.49. The second-order valence-corrected chi connectivity index (χ2v) is 7.29. The number of thiazole rings is 1. The molecule has 0 saturated carbocycles. The predicted octanol–water partition coefficient (Wildman–Crippen LogP) is 4.30. The summed E-state index contributed by atoms with van der Waals surface area (Å²) >= 11 is 7.71. The molecule has 0 aliphatic carbocycles. The number of rotatable bonds is 3. The Morgan fingerprint density at radius 1 is 1.23 bits per heavy atom. The Labute approximate surface area is 157 Å². The first kappa shape index (κ1) is 16.7. The van der Waals surface area contributed by atoms with Crippen molar-refractivity contribution in [1.82, 2.24) is 19.9 Å². The molecule has 0 bridgehead atoms. The van der Waals surface area contributed by atoms with E-state index in [1.54, 1.807) is 23.7 Å². The molecule has 3 aromatic heterocycles. The van der Waals surface area contributed by atoms with Gasteiger partial charge in [0, 0.05) is 12.1 Å². The van der Waals surface area contributed by atoms with E-state index in [-0.39, 0.29) is 5.76 Å². The molecule has 1 aromatic carbocycles. The van der Waals surface area contributed by atoms with Crippen LogP contribution in [-0.2, 0) is 0 Å². The summed E-state index contributed by atoms with van der Waals surface area (Å²) in [7, 11) is 0. The number of hydrogen-bond acceptors (Lipinski definition) is 6. The molecule has 0 saturated heterocycles. The first-order valence-electron chi connectivity index (χ1n) is 7.80. The monoisotopic (exact) mass is 387 g/mol. The van der Waals surface area contributed by atoms with Crippen LogP contribution in [0.2, 0.25) is 5.02 Å². The predicted molar refractivity (Wildman–Crippen MR) is 100 cm³/mol. The summed E-state index contributed by atoms with van der Waals surface area (Å²) in [5.41, 5.74) is 3.24. The van der Waals surface area contributed by atoms with Gasteiger partial charge in [0.25, 0.3) is 5.91 Å². The van der Waals surface area contributed by atoms with Crippen LogP contribution < -0.4 is 5.32 Å². The van der Waals surface area contributed by atoms with E-state index in [0.717, 1.165) is 21.5 Å². The van der Waals surface area contributed by atoms with Gasteiger partial charge in [-0.05, 0) is 32.4 Å². The average Bonchev–Trinajstić information content (AvgIpc) is 3.29. The van der Waals surface area contributed by atoms with Crippen LogP contribution in [0.1, 0.15) is 27.5 Å². The molecule has 3 heterocycles. The van der Waals surface area contributed by atoms with Crippen molar-refractivity contribution in [1.29, 1.82) is 0 Å². The first-order valence-corrected chi connectivity index (χ1v) is 8.99. The van der Waals surface area contributed by atoms with Gasteiger partial charge < -0.3 is 9.84 Å².